The Bertz CT molecular complexity index is 1950. The van der Waals surface area contributed by atoms with Crippen molar-refractivity contribution in [3.8, 4) is 23.5 Å². The molecule has 242 valence electrons. The molecule has 4 aromatic rings. The molecule has 6 heterocycles. The van der Waals surface area contributed by atoms with Crippen molar-refractivity contribution in [2.75, 3.05) is 25.9 Å². The number of nitrogens with two attached hydrogens (primary N) is 1. The predicted octanol–water partition coefficient (Wildman–Crippen LogP) is 4.47. The van der Waals surface area contributed by atoms with Gasteiger partial charge in [-0.25, -0.2) is 9.78 Å². The van der Waals surface area contributed by atoms with Crippen LogP contribution in [0, 0.1) is 11.3 Å². The molecular formula is C33H40N8O4S. The number of imidazole rings is 1. The van der Waals surface area contributed by atoms with Crippen molar-refractivity contribution in [1.29, 1.82) is 5.26 Å². The van der Waals surface area contributed by atoms with E-state index in [2.05, 4.69) is 30.1 Å². The number of hydrogen-bond donors (Lipinski definition) is 1. The fourth-order valence-electron chi connectivity index (χ4n) is 8.72. The van der Waals surface area contributed by atoms with Crippen LogP contribution < -0.4 is 16.2 Å². The second-order valence-electron chi connectivity index (χ2n) is 13.7. The Morgan fingerprint density at radius 2 is 2.00 bits per heavy atom. The third-order valence-corrected chi connectivity index (χ3v) is 12.0. The molecule has 2 aliphatic carbocycles. The molecule has 0 bridgehead atoms. The first-order valence-electron chi connectivity index (χ1n) is 16.5. The van der Waals surface area contributed by atoms with Crippen LogP contribution in [0.3, 0.4) is 0 Å². The zero-order valence-electron chi connectivity index (χ0n) is 26.8. The highest BCUT2D eigenvalue weighted by Gasteiger charge is 2.49. The molecule has 0 amide bonds. The number of fused-ring (bicyclic) bond motifs is 5. The van der Waals surface area contributed by atoms with Crippen molar-refractivity contribution in [1.82, 2.24) is 29.2 Å². The van der Waals surface area contributed by atoms with E-state index in [1.54, 1.807) is 16.2 Å². The lowest BCUT2D eigenvalue weighted by Gasteiger charge is -2.39. The van der Waals surface area contributed by atoms with Gasteiger partial charge in [-0.3, -0.25) is 14.0 Å². The number of hydrogen-bond acceptors (Lipinski definition) is 11. The van der Waals surface area contributed by atoms with Gasteiger partial charge in [0.05, 0.1) is 29.7 Å². The van der Waals surface area contributed by atoms with Gasteiger partial charge in [-0.2, -0.15) is 10.2 Å². The fourth-order valence-corrected chi connectivity index (χ4v) is 9.89. The summed E-state index contributed by atoms with van der Waals surface area (Å²) in [6, 6.07) is 2.48. The summed E-state index contributed by atoms with van der Waals surface area (Å²) in [4.78, 5) is 27.4. The summed E-state index contributed by atoms with van der Waals surface area (Å²) in [5.74, 6) is 1.54. The van der Waals surface area contributed by atoms with Crippen molar-refractivity contribution in [3.05, 3.63) is 37.8 Å². The van der Waals surface area contributed by atoms with Crippen LogP contribution in [0.1, 0.15) is 92.2 Å². The van der Waals surface area contributed by atoms with E-state index in [1.165, 1.54) is 16.2 Å². The first-order chi connectivity index (χ1) is 22.2. The van der Waals surface area contributed by atoms with E-state index in [9.17, 15) is 10.1 Å². The highest BCUT2D eigenvalue weighted by Crippen LogP contribution is 2.55. The van der Waals surface area contributed by atoms with E-state index in [-0.39, 0.29) is 30.0 Å². The predicted molar refractivity (Wildman–Crippen MR) is 173 cm³/mol. The number of nitrogens with zero attached hydrogens (tertiary/aromatic N) is 7. The van der Waals surface area contributed by atoms with Gasteiger partial charge >= 0.3 is 5.69 Å². The van der Waals surface area contributed by atoms with Crippen LogP contribution >= 0.6 is 11.3 Å². The molecule has 1 spiro atoms. The number of thiophene rings is 1. The molecule has 5 atom stereocenters. The third-order valence-electron chi connectivity index (χ3n) is 10.9. The van der Waals surface area contributed by atoms with E-state index in [1.807, 2.05) is 6.92 Å². The first-order valence-corrected chi connectivity index (χ1v) is 17.3. The Balaban J connectivity index is 1.30. The minimum absolute atomic E-state index is 0.0469. The molecule has 13 heteroatoms. The van der Waals surface area contributed by atoms with E-state index in [4.69, 9.17) is 29.7 Å². The average molecular weight is 645 g/mol. The average Bonchev–Trinajstić information content (AvgIpc) is 3.85. The van der Waals surface area contributed by atoms with Gasteiger partial charge in [0.1, 0.15) is 17.2 Å². The number of ether oxygens (including phenoxy) is 2. The van der Waals surface area contributed by atoms with Crippen molar-refractivity contribution in [2.45, 2.75) is 101 Å². The van der Waals surface area contributed by atoms with Crippen molar-refractivity contribution < 1.29 is 14.0 Å². The molecule has 2 aliphatic heterocycles. The van der Waals surface area contributed by atoms with Gasteiger partial charge in [0, 0.05) is 23.5 Å². The second-order valence-corrected chi connectivity index (χ2v) is 14.8. The zero-order chi connectivity index (χ0) is 31.9. The van der Waals surface area contributed by atoms with Gasteiger partial charge in [-0.1, -0.05) is 5.16 Å². The molecular weight excluding hydrogens is 604 g/mol. The van der Waals surface area contributed by atoms with Crippen LogP contribution in [0.4, 0.5) is 5.00 Å². The number of aryl methyl sites for hydroxylation is 2. The maximum Gasteiger partial charge on any atom is 0.330 e. The van der Waals surface area contributed by atoms with Gasteiger partial charge in [0.15, 0.2) is 28.4 Å². The summed E-state index contributed by atoms with van der Waals surface area (Å²) in [6.07, 6.45) is 8.05. The number of likely N-dealkylation sites (N-methyl/N-ethyl adjacent to an activating group) is 1. The molecule has 12 nitrogen and oxygen atoms in total. The van der Waals surface area contributed by atoms with Gasteiger partial charge in [0.2, 0.25) is 5.88 Å². The summed E-state index contributed by atoms with van der Waals surface area (Å²) in [5, 5.41) is 15.3. The standard InChI is InChI=1S/C33H40N8O4S/c1-17-14-19(16-43-17)41-30-26(40(4)32(41)42)31(44-18(2)22-9-7-13-39(22)3)37-29(36-30)25-20-8-5-11-33(27(20)45-38-25)12-6-10-23-24(33)21(15-34)28(35)46-23/h17-19,22H,5-14,16,35H2,1-4H3/t17-,18-,19+,22-,33-/m0/s1. The smallest absolute Gasteiger partial charge is 0.330 e. The quantitative estimate of drug-likeness (QED) is 0.330. The van der Waals surface area contributed by atoms with Gasteiger partial charge < -0.3 is 19.7 Å². The van der Waals surface area contributed by atoms with Gasteiger partial charge in [-0.05, 0) is 90.8 Å². The van der Waals surface area contributed by atoms with E-state index >= 15 is 0 Å². The number of nitrogen functional groups attached to an aromatic ring is 1. The minimum atomic E-state index is -0.456. The second kappa shape index (κ2) is 10.9. The lowest BCUT2D eigenvalue weighted by atomic mass is 9.63. The lowest BCUT2D eigenvalue weighted by molar-refractivity contribution is 0.118. The normalized spacial score (nSPS) is 26.8. The molecule has 0 aromatic carbocycles. The van der Waals surface area contributed by atoms with Crippen molar-refractivity contribution in [2.24, 2.45) is 7.05 Å². The molecule has 0 saturated carbocycles. The Hall–Kier alpha value is -3.73. The largest absolute Gasteiger partial charge is 0.471 e. The molecule has 8 rings (SSSR count). The molecule has 0 radical (unpaired) electrons. The monoisotopic (exact) mass is 644 g/mol. The van der Waals surface area contributed by atoms with Crippen molar-refractivity contribution in [3.63, 3.8) is 0 Å². The van der Waals surface area contributed by atoms with Crippen LogP contribution in [-0.2, 0) is 30.0 Å². The third kappa shape index (κ3) is 4.29. The van der Waals surface area contributed by atoms with E-state index < -0.39 is 5.41 Å². The molecule has 2 saturated heterocycles. The first kappa shape index (κ1) is 29.7. The van der Waals surface area contributed by atoms with Crippen LogP contribution in [0.2, 0.25) is 0 Å². The summed E-state index contributed by atoms with van der Waals surface area (Å²) < 4.78 is 22.2. The van der Waals surface area contributed by atoms with Crippen LogP contribution in [-0.4, -0.2) is 67.6 Å². The summed E-state index contributed by atoms with van der Waals surface area (Å²) >= 11 is 1.53. The Morgan fingerprint density at radius 1 is 1.20 bits per heavy atom. The Morgan fingerprint density at radius 3 is 2.72 bits per heavy atom. The summed E-state index contributed by atoms with van der Waals surface area (Å²) in [7, 11) is 3.88. The van der Waals surface area contributed by atoms with Crippen LogP contribution in [0.5, 0.6) is 5.88 Å². The number of anilines is 1. The topological polar surface area (TPSA) is 150 Å². The molecule has 0 unspecified atom stereocenters. The van der Waals surface area contributed by atoms with Crippen LogP contribution in [0.15, 0.2) is 9.32 Å². The maximum absolute atomic E-state index is 13.8. The number of likely N-dealkylation sites (tertiary alicyclic amines) is 1. The van der Waals surface area contributed by atoms with Gasteiger partial charge in [0.25, 0.3) is 0 Å². The number of rotatable bonds is 5. The Kier molecular flexibility index (Phi) is 7.04. The summed E-state index contributed by atoms with van der Waals surface area (Å²) in [6.45, 7) is 5.56. The lowest BCUT2D eigenvalue weighted by Crippen LogP contribution is -2.38. The molecule has 2 fully saturated rings. The maximum atomic E-state index is 13.8. The van der Waals surface area contributed by atoms with E-state index in [0.29, 0.717) is 52.2 Å². The van der Waals surface area contributed by atoms with Crippen LogP contribution in [0.25, 0.3) is 22.7 Å². The van der Waals surface area contributed by atoms with E-state index in [0.717, 1.165) is 74.8 Å². The zero-order valence-corrected chi connectivity index (χ0v) is 27.7. The summed E-state index contributed by atoms with van der Waals surface area (Å²) in [5.41, 5.74) is 9.95. The molecule has 4 aromatic heterocycles. The Labute approximate surface area is 271 Å². The minimum Gasteiger partial charge on any atom is -0.471 e. The number of nitriles is 1. The fraction of sp³-hybridized carbons (Fsp3) is 0.606. The van der Waals surface area contributed by atoms with Crippen molar-refractivity contribution >= 4 is 27.5 Å². The molecule has 2 N–H and O–H groups in total. The molecule has 4 aliphatic rings. The highest BCUT2D eigenvalue weighted by atomic mass is 32.1. The molecule has 46 heavy (non-hydrogen) atoms. The van der Waals surface area contributed by atoms with Gasteiger partial charge in [-0.15, -0.1) is 11.3 Å². The SMILES string of the molecule is C[C@H](Oc1nc(-c2noc3c2CCC[C@@]32CCCc3sc(N)c(C#N)c32)nc2c1n(C)c(=O)n2[C@H]1CO[C@@H](C)C1)[C@@H]1CCCN1C. The number of aromatic nitrogens is 5. The highest BCUT2D eigenvalue weighted by molar-refractivity contribution is 7.16.